The first-order valence-corrected chi connectivity index (χ1v) is 11.0. The lowest BCUT2D eigenvalue weighted by molar-refractivity contribution is 0.260. The predicted molar refractivity (Wildman–Crippen MR) is 122 cm³/mol. The Morgan fingerprint density at radius 1 is 1.27 bits per heavy atom. The number of amides is 1. The van der Waals surface area contributed by atoms with Crippen LogP contribution < -0.4 is 10.3 Å². The lowest BCUT2D eigenvalue weighted by Gasteiger charge is -2.34. The molecule has 30 heavy (non-hydrogen) atoms. The Balaban J connectivity index is 1.72. The maximum Gasteiger partial charge on any atom is 0.300 e. The first-order valence-electron chi connectivity index (χ1n) is 10.2. The summed E-state index contributed by atoms with van der Waals surface area (Å²) in [7, 11) is 0. The molecule has 0 atom stereocenters. The number of carbonyl (C=O) groups excluding carboxylic acids is 1. The third-order valence-corrected chi connectivity index (χ3v) is 6.30. The van der Waals surface area contributed by atoms with E-state index in [1.54, 1.807) is 12.1 Å². The molecule has 1 N–H and O–H groups in total. The van der Waals surface area contributed by atoms with Crippen molar-refractivity contribution in [2.75, 3.05) is 18.0 Å². The molecule has 0 unspecified atom stereocenters. The Kier molecular flexibility index (Phi) is 5.64. The van der Waals surface area contributed by atoms with Crippen molar-refractivity contribution in [1.29, 1.82) is 0 Å². The van der Waals surface area contributed by atoms with E-state index < -0.39 is 4.75 Å². The second-order valence-electron chi connectivity index (χ2n) is 7.88. The number of aliphatic imine (C=N–C) groups is 1. The van der Waals surface area contributed by atoms with Gasteiger partial charge in [-0.15, -0.1) is 0 Å². The first kappa shape index (κ1) is 20.6. The van der Waals surface area contributed by atoms with Gasteiger partial charge in [-0.2, -0.15) is 5.10 Å². The van der Waals surface area contributed by atoms with Crippen LogP contribution in [0.1, 0.15) is 43.9 Å². The van der Waals surface area contributed by atoms with Gasteiger partial charge in [0.25, 0.3) is 5.24 Å². The number of hydrogen-bond donors (Lipinski definition) is 1. The second-order valence-corrected chi connectivity index (χ2v) is 9.47. The van der Waals surface area contributed by atoms with E-state index in [0.717, 1.165) is 47.7 Å². The minimum absolute atomic E-state index is 0.132. The van der Waals surface area contributed by atoms with Crippen LogP contribution in [-0.2, 0) is 6.42 Å². The molecule has 156 valence electrons. The average Bonchev–Trinajstić information content (AvgIpc) is 2.71. The molecule has 0 aromatic heterocycles. The molecule has 0 saturated carbocycles. The summed E-state index contributed by atoms with van der Waals surface area (Å²) in [4.78, 5) is 18.7. The smallest absolute Gasteiger partial charge is 0.300 e. The van der Waals surface area contributed by atoms with E-state index in [1.807, 2.05) is 20.8 Å². The zero-order valence-electron chi connectivity index (χ0n) is 17.4. The van der Waals surface area contributed by atoms with Crippen LogP contribution in [0.3, 0.4) is 0 Å². The molecular weight excluding hydrogens is 399 g/mol. The number of benzene rings is 2. The van der Waals surface area contributed by atoms with Crippen molar-refractivity contribution in [3.8, 4) is 0 Å². The van der Waals surface area contributed by atoms with Crippen LogP contribution in [0.25, 0.3) is 0 Å². The Labute approximate surface area is 180 Å². The summed E-state index contributed by atoms with van der Waals surface area (Å²) in [5.74, 6) is 0.614. The van der Waals surface area contributed by atoms with Gasteiger partial charge in [0.2, 0.25) is 0 Å². The summed E-state index contributed by atoms with van der Waals surface area (Å²) in [6, 6.07) is 12.9. The number of hydrazone groups is 1. The highest BCUT2D eigenvalue weighted by atomic mass is 32.2. The van der Waals surface area contributed by atoms with Gasteiger partial charge in [0, 0.05) is 24.3 Å². The number of anilines is 1. The van der Waals surface area contributed by atoms with Crippen LogP contribution in [0.2, 0.25) is 0 Å². The molecule has 0 saturated heterocycles. The molecule has 1 amide bonds. The molecule has 2 aromatic rings. The molecule has 0 spiro atoms. The van der Waals surface area contributed by atoms with E-state index in [4.69, 9.17) is 4.99 Å². The van der Waals surface area contributed by atoms with Gasteiger partial charge in [-0.05, 0) is 81.1 Å². The van der Waals surface area contributed by atoms with Crippen molar-refractivity contribution in [2.24, 2.45) is 10.1 Å². The lowest BCUT2D eigenvalue weighted by Crippen LogP contribution is -2.39. The van der Waals surface area contributed by atoms with Crippen LogP contribution in [-0.4, -0.2) is 34.6 Å². The summed E-state index contributed by atoms with van der Waals surface area (Å²) < 4.78 is 13.0. The molecule has 2 aliphatic rings. The van der Waals surface area contributed by atoms with Crippen molar-refractivity contribution < 1.29 is 9.18 Å². The number of halogens is 1. The standard InChI is InChI=1S/C23H25FN4OS/c1-4-25-21(15-7-10-18(24)11-8-15)28-13-5-6-16-14-17(9-12-19(16)28)20-23(2,3)30-22(29)27-26-20/h7-12,14H,4-6,13H2,1-3H3,(H,27,29)/b25-21-. The number of nitrogens with one attached hydrogen (secondary N) is 1. The van der Waals surface area contributed by atoms with E-state index >= 15 is 0 Å². The van der Waals surface area contributed by atoms with Gasteiger partial charge in [-0.1, -0.05) is 17.8 Å². The number of rotatable bonds is 3. The van der Waals surface area contributed by atoms with Crippen LogP contribution in [0.4, 0.5) is 14.9 Å². The number of carbonyl (C=O) groups is 1. The third kappa shape index (κ3) is 3.99. The first-order chi connectivity index (χ1) is 14.4. The zero-order chi connectivity index (χ0) is 21.3. The zero-order valence-corrected chi connectivity index (χ0v) is 18.2. The lowest BCUT2D eigenvalue weighted by atomic mass is 9.93. The highest BCUT2D eigenvalue weighted by molar-refractivity contribution is 8.15. The Morgan fingerprint density at radius 2 is 2.03 bits per heavy atom. The molecule has 0 aliphatic carbocycles. The fourth-order valence-electron chi connectivity index (χ4n) is 4.00. The van der Waals surface area contributed by atoms with E-state index in [1.165, 1.54) is 29.5 Å². The Bertz CT molecular complexity index is 1030. The maximum absolute atomic E-state index is 13.4. The Morgan fingerprint density at radius 3 is 2.73 bits per heavy atom. The minimum Gasteiger partial charge on any atom is -0.326 e. The normalized spacial score (nSPS) is 18.5. The summed E-state index contributed by atoms with van der Waals surface area (Å²) >= 11 is 1.25. The molecule has 0 bridgehead atoms. The summed E-state index contributed by atoms with van der Waals surface area (Å²) in [5.41, 5.74) is 7.73. The molecule has 7 heteroatoms. The van der Waals surface area contributed by atoms with Gasteiger partial charge in [-0.3, -0.25) is 9.79 Å². The van der Waals surface area contributed by atoms with Crippen LogP contribution >= 0.6 is 11.8 Å². The van der Waals surface area contributed by atoms with E-state index in [9.17, 15) is 9.18 Å². The summed E-state index contributed by atoms with van der Waals surface area (Å²) in [6.07, 6.45) is 1.97. The van der Waals surface area contributed by atoms with Gasteiger partial charge >= 0.3 is 0 Å². The molecule has 0 radical (unpaired) electrons. The molecule has 2 aromatic carbocycles. The summed E-state index contributed by atoms with van der Waals surface area (Å²) in [5, 5.41) is 4.21. The fourth-order valence-corrected chi connectivity index (χ4v) is 4.81. The number of thioether (sulfide) groups is 1. The summed E-state index contributed by atoms with van der Waals surface area (Å²) in [6.45, 7) is 7.55. The van der Waals surface area contributed by atoms with Crippen LogP contribution in [0.15, 0.2) is 52.6 Å². The number of fused-ring (bicyclic) bond motifs is 1. The van der Waals surface area contributed by atoms with Crippen molar-refractivity contribution in [1.82, 2.24) is 5.43 Å². The monoisotopic (exact) mass is 424 g/mol. The number of hydrogen-bond acceptors (Lipinski definition) is 4. The fraction of sp³-hybridized carbons (Fsp3) is 0.348. The SMILES string of the molecule is CC/N=C(/c1ccc(F)cc1)N1CCCc2cc(C3=NNC(=O)SC3(C)C)ccc21. The second kappa shape index (κ2) is 8.22. The van der Waals surface area contributed by atoms with Gasteiger partial charge < -0.3 is 4.90 Å². The van der Waals surface area contributed by atoms with Crippen molar-refractivity contribution in [2.45, 2.75) is 38.4 Å². The average molecular weight is 425 g/mol. The molecule has 2 heterocycles. The minimum atomic E-state index is -0.395. The number of amidine groups is 1. The van der Waals surface area contributed by atoms with E-state index in [2.05, 4.69) is 33.6 Å². The van der Waals surface area contributed by atoms with Gasteiger partial charge in [0.1, 0.15) is 11.7 Å². The predicted octanol–water partition coefficient (Wildman–Crippen LogP) is 4.98. The largest absolute Gasteiger partial charge is 0.326 e. The number of aryl methyl sites for hydroxylation is 1. The van der Waals surface area contributed by atoms with Crippen molar-refractivity contribution in [3.05, 3.63) is 65.0 Å². The molecule has 4 rings (SSSR count). The van der Waals surface area contributed by atoms with E-state index in [0.29, 0.717) is 6.54 Å². The van der Waals surface area contributed by atoms with Gasteiger partial charge in [-0.25, -0.2) is 9.82 Å². The highest BCUT2D eigenvalue weighted by Gasteiger charge is 2.34. The van der Waals surface area contributed by atoms with Crippen molar-refractivity contribution in [3.63, 3.8) is 0 Å². The highest BCUT2D eigenvalue weighted by Crippen LogP contribution is 2.35. The molecular formula is C23H25FN4OS. The molecule has 0 fully saturated rings. The quantitative estimate of drug-likeness (QED) is 0.558. The molecule has 2 aliphatic heterocycles. The van der Waals surface area contributed by atoms with Gasteiger partial charge in [0.05, 0.1) is 10.5 Å². The van der Waals surface area contributed by atoms with E-state index in [-0.39, 0.29) is 11.1 Å². The number of nitrogens with zero attached hydrogens (tertiary/aromatic N) is 3. The Hall–Kier alpha value is -2.67. The van der Waals surface area contributed by atoms with Crippen LogP contribution in [0, 0.1) is 5.82 Å². The topological polar surface area (TPSA) is 57.1 Å². The maximum atomic E-state index is 13.4. The van der Waals surface area contributed by atoms with Crippen molar-refractivity contribution >= 4 is 34.2 Å². The van der Waals surface area contributed by atoms with Gasteiger partial charge in [0.15, 0.2) is 0 Å². The third-order valence-electron chi connectivity index (χ3n) is 5.31. The van der Waals surface area contributed by atoms with Crippen LogP contribution in [0.5, 0.6) is 0 Å². The molecule has 5 nitrogen and oxygen atoms in total.